The summed E-state index contributed by atoms with van der Waals surface area (Å²) in [6, 6.07) is 6.96. The zero-order chi connectivity index (χ0) is 14.9. The zero-order valence-corrected chi connectivity index (χ0v) is 12.8. The van der Waals surface area contributed by atoms with Crippen molar-refractivity contribution in [3.8, 4) is 0 Å². The molecule has 21 heavy (non-hydrogen) atoms. The third kappa shape index (κ3) is 5.33. The molecule has 0 aliphatic rings. The Hall–Kier alpha value is -1.64. The van der Waals surface area contributed by atoms with Crippen LogP contribution >= 0.6 is 0 Å². The molecule has 1 heterocycles. The van der Waals surface area contributed by atoms with Crippen LogP contribution in [0.25, 0.3) is 0 Å². The third-order valence-electron chi connectivity index (χ3n) is 3.99. The van der Waals surface area contributed by atoms with Crippen LogP contribution in [0.4, 0.5) is 4.39 Å². The number of unbranched alkanes of at least 4 members (excludes halogenated alkanes) is 4. The molecule has 0 fully saturated rings. The lowest BCUT2D eigenvalue weighted by atomic mass is 9.92. The first-order valence-corrected chi connectivity index (χ1v) is 8.00. The number of hydrogen-bond donors (Lipinski definition) is 0. The lowest BCUT2D eigenvalue weighted by Crippen LogP contribution is -2.08. The standard InChI is InChI=1S/C18H25FN2/c1-2-3-4-5-6-7-17(14-21-13-12-20-15-21)16-8-10-18(19)11-9-16/h8-13,15,17H,2-7,14H2,1H3. The molecule has 2 aromatic rings. The topological polar surface area (TPSA) is 17.8 Å². The van der Waals surface area contributed by atoms with Gasteiger partial charge in [-0.25, -0.2) is 9.37 Å². The van der Waals surface area contributed by atoms with Crippen LogP contribution in [0.15, 0.2) is 43.0 Å². The fraction of sp³-hybridized carbons (Fsp3) is 0.500. The number of imidazole rings is 1. The third-order valence-corrected chi connectivity index (χ3v) is 3.99. The molecule has 0 aliphatic carbocycles. The van der Waals surface area contributed by atoms with Crippen LogP contribution in [-0.2, 0) is 6.54 Å². The summed E-state index contributed by atoms with van der Waals surface area (Å²) in [6.45, 7) is 3.15. The highest BCUT2D eigenvalue weighted by molar-refractivity contribution is 5.20. The predicted octanol–water partition coefficient (Wildman–Crippen LogP) is 5.17. The van der Waals surface area contributed by atoms with Crippen molar-refractivity contribution in [1.29, 1.82) is 0 Å². The molecule has 1 aromatic carbocycles. The minimum atomic E-state index is -0.164. The normalized spacial score (nSPS) is 12.5. The van der Waals surface area contributed by atoms with E-state index in [1.165, 1.54) is 37.7 Å². The Morgan fingerprint density at radius 1 is 1.10 bits per heavy atom. The van der Waals surface area contributed by atoms with E-state index in [9.17, 15) is 4.39 Å². The van der Waals surface area contributed by atoms with E-state index in [2.05, 4.69) is 16.5 Å². The van der Waals surface area contributed by atoms with Gasteiger partial charge in [-0.05, 0) is 24.1 Å². The lowest BCUT2D eigenvalue weighted by Gasteiger charge is -2.18. The van der Waals surface area contributed by atoms with Crippen LogP contribution in [0.3, 0.4) is 0 Å². The zero-order valence-electron chi connectivity index (χ0n) is 12.8. The number of hydrogen-bond acceptors (Lipinski definition) is 1. The molecule has 0 amide bonds. The van der Waals surface area contributed by atoms with Crippen LogP contribution in [0.2, 0.25) is 0 Å². The second kappa shape index (κ2) is 8.60. The van der Waals surface area contributed by atoms with Crippen molar-refractivity contribution >= 4 is 0 Å². The van der Waals surface area contributed by atoms with E-state index in [-0.39, 0.29) is 5.82 Å². The van der Waals surface area contributed by atoms with E-state index < -0.39 is 0 Å². The van der Waals surface area contributed by atoms with Gasteiger partial charge in [0, 0.05) is 24.9 Å². The van der Waals surface area contributed by atoms with Crippen molar-refractivity contribution in [2.45, 2.75) is 57.9 Å². The maximum absolute atomic E-state index is 13.1. The summed E-state index contributed by atoms with van der Waals surface area (Å²) in [5, 5.41) is 0. The summed E-state index contributed by atoms with van der Waals surface area (Å²) < 4.78 is 15.2. The van der Waals surface area contributed by atoms with Gasteiger partial charge in [0.05, 0.1) is 6.33 Å². The average molecular weight is 288 g/mol. The molecule has 0 saturated carbocycles. The van der Waals surface area contributed by atoms with Crippen molar-refractivity contribution in [2.24, 2.45) is 0 Å². The Morgan fingerprint density at radius 3 is 2.52 bits per heavy atom. The number of nitrogens with zero attached hydrogens (tertiary/aromatic N) is 2. The first kappa shape index (κ1) is 15.7. The largest absolute Gasteiger partial charge is 0.337 e. The van der Waals surface area contributed by atoms with Gasteiger partial charge < -0.3 is 4.57 Å². The van der Waals surface area contributed by atoms with Crippen molar-refractivity contribution in [3.05, 3.63) is 54.4 Å². The quantitative estimate of drug-likeness (QED) is 0.582. The number of halogens is 1. The van der Waals surface area contributed by atoms with E-state index in [1.807, 2.05) is 30.9 Å². The monoisotopic (exact) mass is 288 g/mol. The van der Waals surface area contributed by atoms with Gasteiger partial charge in [0.25, 0.3) is 0 Å². The Kier molecular flexibility index (Phi) is 6.45. The van der Waals surface area contributed by atoms with Gasteiger partial charge in [-0.3, -0.25) is 0 Å². The summed E-state index contributed by atoms with van der Waals surface area (Å²) in [4.78, 5) is 4.11. The van der Waals surface area contributed by atoms with Gasteiger partial charge in [-0.15, -0.1) is 0 Å². The summed E-state index contributed by atoms with van der Waals surface area (Å²) >= 11 is 0. The van der Waals surface area contributed by atoms with Crippen LogP contribution in [-0.4, -0.2) is 9.55 Å². The van der Waals surface area contributed by atoms with E-state index in [4.69, 9.17) is 0 Å². The van der Waals surface area contributed by atoms with Crippen LogP contribution in [0.5, 0.6) is 0 Å². The fourth-order valence-electron chi connectivity index (χ4n) is 2.74. The highest BCUT2D eigenvalue weighted by atomic mass is 19.1. The molecule has 0 radical (unpaired) electrons. The number of rotatable bonds is 9. The van der Waals surface area contributed by atoms with E-state index in [0.717, 1.165) is 13.0 Å². The smallest absolute Gasteiger partial charge is 0.123 e. The van der Waals surface area contributed by atoms with Gasteiger partial charge in [-0.2, -0.15) is 0 Å². The molecule has 1 aromatic heterocycles. The van der Waals surface area contributed by atoms with E-state index >= 15 is 0 Å². The van der Waals surface area contributed by atoms with E-state index in [1.54, 1.807) is 12.1 Å². The molecule has 0 N–H and O–H groups in total. The van der Waals surface area contributed by atoms with Crippen molar-refractivity contribution < 1.29 is 4.39 Å². The first-order valence-electron chi connectivity index (χ1n) is 8.00. The summed E-state index contributed by atoms with van der Waals surface area (Å²) in [7, 11) is 0. The van der Waals surface area contributed by atoms with Crippen molar-refractivity contribution in [3.63, 3.8) is 0 Å². The molecule has 114 valence electrons. The Labute approximate surface area is 127 Å². The second-order valence-electron chi connectivity index (χ2n) is 5.71. The van der Waals surface area contributed by atoms with Gasteiger partial charge in [-0.1, -0.05) is 51.2 Å². The van der Waals surface area contributed by atoms with Gasteiger partial charge in [0.15, 0.2) is 0 Å². The van der Waals surface area contributed by atoms with Crippen LogP contribution in [0.1, 0.15) is 56.9 Å². The molecule has 0 saturated heterocycles. The molecule has 0 bridgehead atoms. The summed E-state index contributed by atoms with van der Waals surface area (Å²) in [5.41, 5.74) is 1.22. The minimum Gasteiger partial charge on any atom is -0.337 e. The highest BCUT2D eigenvalue weighted by Crippen LogP contribution is 2.25. The minimum absolute atomic E-state index is 0.164. The van der Waals surface area contributed by atoms with Crippen LogP contribution < -0.4 is 0 Å². The molecule has 3 heteroatoms. The van der Waals surface area contributed by atoms with Crippen molar-refractivity contribution in [1.82, 2.24) is 9.55 Å². The summed E-state index contributed by atoms with van der Waals surface area (Å²) in [6.07, 6.45) is 13.2. The Bertz CT molecular complexity index is 490. The van der Waals surface area contributed by atoms with Crippen molar-refractivity contribution in [2.75, 3.05) is 0 Å². The van der Waals surface area contributed by atoms with Gasteiger partial charge in [0.2, 0.25) is 0 Å². The first-order chi connectivity index (χ1) is 10.3. The SMILES string of the molecule is CCCCCCCC(Cn1ccnc1)c1ccc(F)cc1. The molecule has 0 aliphatic heterocycles. The van der Waals surface area contributed by atoms with Crippen LogP contribution in [0, 0.1) is 5.82 Å². The maximum atomic E-state index is 13.1. The second-order valence-corrected chi connectivity index (χ2v) is 5.71. The lowest BCUT2D eigenvalue weighted by molar-refractivity contribution is 0.487. The Balaban J connectivity index is 1.94. The molecule has 1 unspecified atom stereocenters. The molecule has 2 nitrogen and oxygen atoms in total. The molecule has 2 rings (SSSR count). The van der Waals surface area contributed by atoms with E-state index in [0.29, 0.717) is 5.92 Å². The van der Waals surface area contributed by atoms with Gasteiger partial charge in [0.1, 0.15) is 5.82 Å². The molecular weight excluding hydrogens is 263 g/mol. The average Bonchev–Trinajstić information content (AvgIpc) is 3.00. The highest BCUT2D eigenvalue weighted by Gasteiger charge is 2.12. The fourth-order valence-corrected chi connectivity index (χ4v) is 2.74. The molecule has 1 atom stereocenters. The predicted molar refractivity (Wildman–Crippen MR) is 84.7 cm³/mol. The molecular formula is C18H25FN2. The number of aromatic nitrogens is 2. The number of benzene rings is 1. The maximum Gasteiger partial charge on any atom is 0.123 e. The van der Waals surface area contributed by atoms with Gasteiger partial charge >= 0.3 is 0 Å². The molecule has 0 spiro atoms. The Morgan fingerprint density at radius 2 is 1.86 bits per heavy atom. The summed E-state index contributed by atoms with van der Waals surface area (Å²) in [5.74, 6) is 0.268.